The molecule has 0 bridgehead atoms. The monoisotopic (exact) mass is 279 g/mol. The van der Waals surface area contributed by atoms with Crippen LogP contribution >= 0.6 is 11.6 Å². The standard InChI is InChI=1S/C15H15ClFNO/c1-10-2-5-14(16)15(6-10)19-9-12-7-13(17)4-3-11(12)8-18/h2-7H,8-9,18H2,1H3. The molecule has 0 heterocycles. The molecule has 100 valence electrons. The zero-order valence-corrected chi connectivity index (χ0v) is 11.4. The molecule has 0 spiro atoms. The number of rotatable bonds is 4. The van der Waals surface area contributed by atoms with Gasteiger partial charge in [0.05, 0.1) is 5.02 Å². The van der Waals surface area contributed by atoms with Crippen molar-refractivity contribution in [2.45, 2.75) is 20.1 Å². The van der Waals surface area contributed by atoms with Gasteiger partial charge in [0.25, 0.3) is 0 Å². The predicted octanol–water partition coefficient (Wildman–Crippen LogP) is 3.83. The highest BCUT2D eigenvalue weighted by atomic mass is 35.5. The number of hydrogen-bond donors (Lipinski definition) is 1. The molecule has 0 saturated heterocycles. The fourth-order valence-electron chi connectivity index (χ4n) is 1.80. The van der Waals surface area contributed by atoms with Crippen LogP contribution in [-0.4, -0.2) is 0 Å². The van der Waals surface area contributed by atoms with Gasteiger partial charge in [0, 0.05) is 6.54 Å². The fourth-order valence-corrected chi connectivity index (χ4v) is 1.98. The number of aryl methyl sites for hydroxylation is 1. The van der Waals surface area contributed by atoms with Gasteiger partial charge in [-0.05, 0) is 47.9 Å². The van der Waals surface area contributed by atoms with Crippen molar-refractivity contribution in [2.24, 2.45) is 5.73 Å². The Balaban J connectivity index is 2.18. The summed E-state index contributed by atoms with van der Waals surface area (Å²) >= 11 is 6.04. The minimum atomic E-state index is -0.300. The van der Waals surface area contributed by atoms with E-state index in [2.05, 4.69) is 0 Å². The molecule has 0 radical (unpaired) electrons. The van der Waals surface area contributed by atoms with E-state index in [4.69, 9.17) is 22.1 Å². The Bertz CT molecular complexity index is 586. The molecule has 2 rings (SSSR count). The maximum absolute atomic E-state index is 13.2. The van der Waals surface area contributed by atoms with Crippen LogP contribution in [0.3, 0.4) is 0 Å². The van der Waals surface area contributed by atoms with Gasteiger partial charge in [-0.1, -0.05) is 23.7 Å². The average molecular weight is 280 g/mol. The molecule has 2 nitrogen and oxygen atoms in total. The van der Waals surface area contributed by atoms with E-state index in [1.54, 1.807) is 12.1 Å². The number of halogens is 2. The van der Waals surface area contributed by atoms with Gasteiger partial charge < -0.3 is 10.5 Å². The van der Waals surface area contributed by atoms with E-state index in [1.165, 1.54) is 12.1 Å². The molecule has 2 aromatic carbocycles. The number of hydrogen-bond acceptors (Lipinski definition) is 2. The highest BCUT2D eigenvalue weighted by Crippen LogP contribution is 2.26. The Morgan fingerprint density at radius 1 is 1.16 bits per heavy atom. The van der Waals surface area contributed by atoms with Crippen molar-refractivity contribution < 1.29 is 9.13 Å². The van der Waals surface area contributed by atoms with Gasteiger partial charge in [-0.15, -0.1) is 0 Å². The fraction of sp³-hybridized carbons (Fsp3) is 0.200. The molecule has 0 aliphatic carbocycles. The zero-order valence-electron chi connectivity index (χ0n) is 10.6. The molecular formula is C15H15ClFNO. The Morgan fingerprint density at radius 2 is 1.95 bits per heavy atom. The van der Waals surface area contributed by atoms with E-state index in [0.29, 0.717) is 17.3 Å². The van der Waals surface area contributed by atoms with Crippen molar-refractivity contribution in [2.75, 3.05) is 0 Å². The third-order valence-electron chi connectivity index (χ3n) is 2.86. The van der Waals surface area contributed by atoms with Crippen LogP contribution in [0.5, 0.6) is 5.75 Å². The summed E-state index contributed by atoms with van der Waals surface area (Å²) in [6.45, 7) is 2.55. The van der Waals surface area contributed by atoms with Gasteiger partial charge in [0.2, 0.25) is 0 Å². The lowest BCUT2D eigenvalue weighted by Crippen LogP contribution is -2.05. The highest BCUT2D eigenvalue weighted by molar-refractivity contribution is 6.32. The summed E-state index contributed by atoms with van der Waals surface area (Å²) in [6.07, 6.45) is 0. The van der Waals surface area contributed by atoms with Crippen LogP contribution in [0.15, 0.2) is 36.4 Å². The lowest BCUT2D eigenvalue weighted by molar-refractivity contribution is 0.304. The first-order valence-electron chi connectivity index (χ1n) is 5.96. The van der Waals surface area contributed by atoms with Crippen molar-refractivity contribution in [3.63, 3.8) is 0 Å². The van der Waals surface area contributed by atoms with E-state index >= 15 is 0 Å². The van der Waals surface area contributed by atoms with Crippen LogP contribution in [0.2, 0.25) is 5.02 Å². The van der Waals surface area contributed by atoms with E-state index < -0.39 is 0 Å². The van der Waals surface area contributed by atoms with Crippen molar-refractivity contribution >= 4 is 11.6 Å². The van der Waals surface area contributed by atoms with Gasteiger partial charge >= 0.3 is 0 Å². The lowest BCUT2D eigenvalue weighted by atomic mass is 10.1. The smallest absolute Gasteiger partial charge is 0.138 e. The summed E-state index contributed by atoms with van der Waals surface area (Å²) in [5.74, 6) is 0.292. The first-order chi connectivity index (χ1) is 9.10. The molecule has 0 aromatic heterocycles. The van der Waals surface area contributed by atoms with Gasteiger partial charge in [-0.2, -0.15) is 0 Å². The second-order valence-electron chi connectivity index (χ2n) is 4.34. The minimum absolute atomic E-state index is 0.244. The molecule has 0 saturated carbocycles. The summed E-state index contributed by atoms with van der Waals surface area (Å²) < 4.78 is 18.9. The second kappa shape index (κ2) is 6.04. The Kier molecular flexibility index (Phi) is 4.40. The summed E-state index contributed by atoms with van der Waals surface area (Å²) in [6, 6.07) is 10.0. The van der Waals surface area contributed by atoms with Gasteiger partial charge in [0.15, 0.2) is 0 Å². The summed E-state index contributed by atoms with van der Waals surface area (Å²) in [7, 11) is 0. The molecule has 19 heavy (non-hydrogen) atoms. The highest BCUT2D eigenvalue weighted by Gasteiger charge is 2.06. The molecule has 0 unspecified atom stereocenters. The van der Waals surface area contributed by atoms with Crippen molar-refractivity contribution in [3.8, 4) is 5.75 Å². The molecule has 0 aliphatic rings. The topological polar surface area (TPSA) is 35.2 Å². The van der Waals surface area contributed by atoms with Gasteiger partial charge in [0.1, 0.15) is 18.2 Å². The summed E-state index contributed by atoms with van der Waals surface area (Å²) in [4.78, 5) is 0. The van der Waals surface area contributed by atoms with Crippen LogP contribution in [0.4, 0.5) is 4.39 Å². The quantitative estimate of drug-likeness (QED) is 0.923. The second-order valence-corrected chi connectivity index (χ2v) is 4.75. The van der Waals surface area contributed by atoms with Crippen LogP contribution in [0.1, 0.15) is 16.7 Å². The maximum Gasteiger partial charge on any atom is 0.138 e. The Labute approximate surface area is 117 Å². The summed E-state index contributed by atoms with van der Waals surface area (Å²) in [5, 5.41) is 0.538. The Morgan fingerprint density at radius 3 is 2.68 bits per heavy atom. The van der Waals surface area contributed by atoms with Crippen molar-refractivity contribution in [3.05, 3.63) is 63.9 Å². The van der Waals surface area contributed by atoms with Crippen LogP contribution < -0.4 is 10.5 Å². The van der Waals surface area contributed by atoms with Gasteiger partial charge in [-0.3, -0.25) is 0 Å². The lowest BCUT2D eigenvalue weighted by Gasteiger charge is -2.11. The third-order valence-corrected chi connectivity index (χ3v) is 3.17. The molecule has 4 heteroatoms. The van der Waals surface area contributed by atoms with E-state index in [0.717, 1.165) is 16.7 Å². The molecule has 0 aliphatic heterocycles. The predicted molar refractivity (Wildman–Crippen MR) is 74.8 cm³/mol. The summed E-state index contributed by atoms with van der Waals surface area (Å²) in [5.41, 5.74) is 8.28. The number of nitrogens with two attached hydrogens (primary N) is 1. The molecule has 2 N–H and O–H groups in total. The number of ether oxygens (including phenoxy) is 1. The molecule has 0 fully saturated rings. The maximum atomic E-state index is 13.2. The molecule has 0 amide bonds. The van der Waals surface area contributed by atoms with E-state index in [-0.39, 0.29) is 12.4 Å². The largest absolute Gasteiger partial charge is 0.487 e. The van der Waals surface area contributed by atoms with Gasteiger partial charge in [-0.25, -0.2) is 4.39 Å². The third kappa shape index (κ3) is 3.46. The SMILES string of the molecule is Cc1ccc(Cl)c(OCc2cc(F)ccc2CN)c1. The van der Waals surface area contributed by atoms with E-state index in [1.807, 2.05) is 19.1 Å². The molecular weight excluding hydrogens is 265 g/mol. The normalized spacial score (nSPS) is 10.5. The van der Waals surface area contributed by atoms with Crippen LogP contribution in [0, 0.1) is 12.7 Å². The van der Waals surface area contributed by atoms with E-state index in [9.17, 15) is 4.39 Å². The van der Waals surface area contributed by atoms with Crippen LogP contribution in [0.25, 0.3) is 0 Å². The number of benzene rings is 2. The first-order valence-corrected chi connectivity index (χ1v) is 6.34. The minimum Gasteiger partial charge on any atom is -0.487 e. The average Bonchev–Trinajstić information content (AvgIpc) is 2.40. The molecule has 2 aromatic rings. The van der Waals surface area contributed by atoms with Crippen molar-refractivity contribution in [1.29, 1.82) is 0 Å². The molecule has 0 atom stereocenters. The zero-order chi connectivity index (χ0) is 13.8. The van der Waals surface area contributed by atoms with Crippen LogP contribution in [-0.2, 0) is 13.2 Å². The Hall–Kier alpha value is -1.58. The first kappa shape index (κ1) is 13.8. The van der Waals surface area contributed by atoms with Crippen molar-refractivity contribution in [1.82, 2.24) is 0 Å².